The fraction of sp³-hybridized carbons (Fsp3) is 0.900. The Morgan fingerprint density at radius 3 is 1.95 bits per heavy atom. The average molecular weight is 324 g/mol. The zero-order valence-corrected chi connectivity index (χ0v) is 16.9. The molecule has 1 atom stereocenters. The Hall–Kier alpha value is -0.0831. The van der Waals surface area contributed by atoms with Gasteiger partial charge in [-0.05, 0) is 38.8 Å². The summed E-state index contributed by atoms with van der Waals surface area (Å²) in [6.07, 6.45) is 15.3. The molecule has 1 unspecified atom stereocenters. The van der Waals surface area contributed by atoms with E-state index in [9.17, 15) is 0 Å². The molecule has 0 aromatic rings. The molecule has 1 aliphatic rings. The highest BCUT2D eigenvalue weighted by Gasteiger charge is 2.26. The van der Waals surface area contributed by atoms with Crippen molar-refractivity contribution in [1.29, 1.82) is 0 Å². The fourth-order valence-electron chi connectivity index (χ4n) is 3.87. The minimum atomic E-state index is -1.03. The quantitative estimate of drug-likeness (QED) is 0.458. The Balaban J connectivity index is 2.53. The van der Waals surface area contributed by atoms with Crippen molar-refractivity contribution < 1.29 is 0 Å². The van der Waals surface area contributed by atoms with E-state index in [-0.39, 0.29) is 5.54 Å². The van der Waals surface area contributed by atoms with E-state index in [4.69, 9.17) is 0 Å². The van der Waals surface area contributed by atoms with Crippen LogP contribution in [0, 0.1) is 0 Å². The molecule has 130 valence electrons. The largest absolute Gasteiger partial charge is 0.311 e. The molecule has 0 radical (unpaired) electrons. The fourth-order valence-corrected chi connectivity index (χ4v) is 5.50. The second-order valence-electron chi connectivity index (χ2n) is 9.08. The molecule has 1 saturated heterocycles. The van der Waals surface area contributed by atoms with E-state index < -0.39 is 8.07 Å². The van der Waals surface area contributed by atoms with Crippen molar-refractivity contribution in [3.8, 4) is 0 Å². The minimum absolute atomic E-state index is 0.283. The van der Waals surface area contributed by atoms with Gasteiger partial charge in [0.1, 0.15) is 0 Å². The maximum absolute atomic E-state index is 4.42. The van der Waals surface area contributed by atoms with Crippen LogP contribution in [0.15, 0.2) is 12.2 Å². The molecule has 1 N–H and O–H groups in total. The highest BCUT2D eigenvalue weighted by Crippen LogP contribution is 2.28. The second kappa shape index (κ2) is 9.92. The summed E-state index contributed by atoms with van der Waals surface area (Å²) < 4.78 is 0. The minimum Gasteiger partial charge on any atom is -0.311 e. The van der Waals surface area contributed by atoms with Gasteiger partial charge in [-0.25, -0.2) is 0 Å². The Morgan fingerprint density at radius 2 is 1.41 bits per heavy atom. The highest BCUT2D eigenvalue weighted by atomic mass is 28.3. The van der Waals surface area contributed by atoms with Crippen LogP contribution in [0.4, 0.5) is 0 Å². The average Bonchev–Trinajstić information content (AvgIpc) is 2.38. The van der Waals surface area contributed by atoms with Crippen molar-refractivity contribution in [3.63, 3.8) is 0 Å². The van der Waals surface area contributed by atoms with E-state index in [1.54, 1.807) is 0 Å². The first kappa shape index (κ1) is 20.0. The van der Waals surface area contributed by atoms with Gasteiger partial charge >= 0.3 is 0 Å². The molecule has 0 aliphatic carbocycles. The van der Waals surface area contributed by atoms with Gasteiger partial charge in [-0.15, -0.1) is 6.58 Å². The van der Waals surface area contributed by atoms with E-state index in [2.05, 4.69) is 38.5 Å². The van der Waals surface area contributed by atoms with Crippen molar-refractivity contribution in [3.05, 3.63) is 12.2 Å². The Morgan fingerprint density at radius 1 is 0.909 bits per heavy atom. The van der Waals surface area contributed by atoms with Crippen molar-refractivity contribution in [1.82, 2.24) is 5.32 Å². The Kier molecular flexibility index (Phi) is 9.00. The molecule has 0 spiro atoms. The van der Waals surface area contributed by atoms with Crippen LogP contribution < -0.4 is 5.32 Å². The van der Waals surface area contributed by atoms with Crippen LogP contribution >= 0.6 is 0 Å². The SMILES string of the molecule is C=C(CC1(C)CCCCCCCCCCCN1)C[Si](C)(C)C. The first-order chi connectivity index (χ1) is 10.3. The molecule has 0 saturated carbocycles. The van der Waals surface area contributed by atoms with E-state index in [0.717, 1.165) is 0 Å². The first-order valence-electron chi connectivity index (χ1n) is 9.72. The van der Waals surface area contributed by atoms with Crippen LogP contribution in [0.25, 0.3) is 0 Å². The Bertz CT molecular complexity index is 302. The number of hydrogen-bond acceptors (Lipinski definition) is 1. The molecule has 1 nitrogen and oxygen atoms in total. The molecule has 22 heavy (non-hydrogen) atoms. The van der Waals surface area contributed by atoms with Crippen LogP contribution in [0.3, 0.4) is 0 Å². The normalized spacial score (nSPS) is 26.5. The van der Waals surface area contributed by atoms with Crippen LogP contribution in [0.2, 0.25) is 25.7 Å². The molecule has 0 bridgehead atoms. The van der Waals surface area contributed by atoms with E-state index >= 15 is 0 Å². The summed E-state index contributed by atoms with van der Waals surface area (Å²) in [5.41, 5.74) is 1.77. The predicted octanol–water partition coefficient (Wildman–Crippen LogP) is 6.53. The maximum Gasteiger partial charge on any atom is 0.0483 e. The molecule has 1 aliphatic heterocycles. The molecule has 1 heterocycles. The lowest BCUT2D eigenvalue weighted by Gasteiger charge is -2.33. The van der Waals surface area contributed by atoms with E-state index in [1.807, 2.05) is 0 Å². The van der Waals surface area contributed by atoms with Crippen molar-refractivity contribution >= 4 is 8.07 Å². The third-order valence-corrected chi connectivity index (χ3v) is 6.44. The molecule has 2 heteroatoms. The second-order valence-corrected chi connectivity index (χ2v) is 14.6. The molecular formula is C20H41NSi. The third-order valence-electron chi connectivity index (χ3n) is 4.88. The smallest absolute Gasteiger partial charge is 0.0483 e. The first-order valence-corrected chi connectivity index (χ1v) is 13.4. The molecule has 0 aromatic heterocycles. The van der Waals surface area contributed by atoms with Crippen molar-refractivity contribution in [2.24, 2.45) is 0 Å². The maximum atomic E-state index is 4.42. The zero-order chi connectivity index (χ0) is 16.5. The standard InChI is InChI=1S/C20H41NSi/c1-19(18-22(3,4)5)17-20(2)15-13-11-9-7-6-8-10-12-14-16-21-20/h21H,1,6-18H2,2-5H3. The van der Waals surface area contributed by atoms with Gasteiger partial charge in [0.05, 0.1) is 0 Å². The van der Waals surface area contributed by atoms with E-state index in [0.29, 0.717) is 0 Å². The van der Waals surface area contributed by atoms with Gasteiger partial charge in [0, 0.05) is 13.6 Å². The summed E-state index contributed by atoms with van der Waals surface area (Å²) in [7, 11) is -1.03. The summed E-state index contributed by atoms with van der Waals surface area (Å²) in [5.74, 6) is 0. The lowest BCUT2D eigenvalue weighted by Crippen LogP contribution is -2.43. The number of nitrogens with one attached hydrogen (secondary N) is 1. The monoisotopic (exact) mass is 323 g/mol. The lowest BCUT2D eigenvalue weighted by molar-refractivity contribution is 0.313. The van der Waals surface area contributed by atoms with Crippen molar-refractivity contribution in [2.75, 3.05) is 6.54 Å². The molecule has 0 amide bonds. The highest BCUT2D eigenvalue weighted by molar-refractivity contribution is 6.76. The predicted molar refractivity (Wildman–Crippen MR) is 104 cm³/mol. The number of rotatable bonds is 4. The van der Waals surface area contributed by atoms with Crippen LogP contribution in [-0.2, 0) is 0 Å². The van der Waals surface area contributed by atoms with Crippen LogP contribution in [0.5, 0.6) is 0 Å². The van der Waals surface area contributed by atoms with Gasteiger partial charge < -0.3 is 5.32 Å². The Labute approximate surface area is 141 Å². The van der Waals surface area contributed by atoms with Gasteiger partial charge in [0.25, 0.3) is 0 Å². The summed E-state index contributed by atoms with van der Waals surface area (Å²) in [5, 5.41) is 3.91. The molecule has 1 rings (SSSR count). The van der Waals surface area contributed by atoms with Crippen molar-refractivity contribution in [2.45, 2.75) is 109 Å². The van der Waals surface area contributed by atoms with Crippen LogP contribution in [0.1, 0.15) is 77.6 Å². The van der Waals surface area contributed by atoms with Gasteiger partial charge in [-0.1, -0.05) is 76.6 Å². The van der Waals surface area contributed by atoms with Gasteiger partial charge in [-0.2, -0.15) is 0 Å². The topological polar surface area (TPSA) is 12.0 Å². The summed E-state index contributed by atoms with van der Waals surface area (Å²) in [6.45, 7) is 15.4. The molecular weight excluding hydrogens is 282 g/mol. The summed E-state index contributed by atoms with van der Waals surface area (Å²) in [6, 6.07) is 1.28. The summed E-state index contributed by atoms with van der Waals surface area (Å²) >= 11 is 0. The van der Waals surface area contributed by atoms with Gasteiger partial charge in [0.15, 0.2) is 0 Å². The summed E-state index contributed by atoms with van der Waals surface area (Å²) in [4.78, 5) is 0. The van der Waals surface area contributed by atoms with Gasteiger partial charge in [-0.3, -0.25) is 0 Å². The zero-order valence-electron chi connectivity index (χ0n) is 15.9. The van der Waals surface area contributed by atoms with Gasteiger partial charge in [0.2, 0.25) is 0 Å². The van der Waals surface area contributed by atoms with E-state index in [1.165, 1.54) is 88.8 Å². The molecule has 0 aromatic carbocycles. The third kappa shape index (κ3) is 9.84. The van der Waals surface area contributed by atoms with Crippen LogP contribution in [-0.4, -0.2) is 20.2 Å². The lowest BCUT2D eigenvalue weighted by atomic mass is 9.87. The molecule has 1 fully saturated rings. The number of hydrogen-bond donors (Lipinski definition) is 1.